The molecule has 3 nitrogen and oxygen atoms in total. The summed E-state index contributed by atoms with van der Waals surface area (Å²) < 4.78 is 0. The number of nitrogens with one attached hydrogen (secondary N) is 1. The van der Waals surface area contributed by atoms with Crippen molar-refractivity contribution in [2.45, 2.75) is 32.6 Å². The highest BCUT2D eigenvalue weighted by Gasteiger charge is 2.01. The van der Waals surface area contributed by atoms with Crippen LogP contribution >= 0.6 is 0 Å². The lowest BCUT2D eigenvalue weighted by molar-refractivity contribution is 0.812. The van der Waals surface area contributed by atoms with Gasteiger partial charge in [-0.25, -0.2) is 9.97 Å². The molecule has 0 spiro atoms. The van der Waals surface area contributed by atoms with Crippen LogP contribution in [0.25, 0.3) is 0 Å². The molecule has 1 heterocycles. The number of aromatic nitrogens is 2. The number of terminal acetylenes is 1. The molecule has 0 amide bonds. The van der Waals surface area contributed by atoms with Gasteiger partial charge in [-0.3, -0.25) is 0 Å². The number of unbranched alkanes of at least 4 members (excludes halogenated alkanes) is 1. The number of nitrogens with zero attached hydrogens (tertiary/aromatic N) is 2. The molecule has 0 radical (unpaired) electrons. The van der Waals surface area contributed by atoms with E-state index in [9.17, 15) is 0 Å². The monoisotopic (exact) mass is 203 g/mol. The molecular formula is C12H17N3. The average molecular weight is 203 g/mol. The van der Waals surface area contributed by atoms with Crippen molar-refractivity contribution in [1.29, 1.82) is 0 Å². The Morgan fingerprint density at radius 3 is 2.93 bits per heavy atom. The molecule has 0 unspecified atom stereocenters. The summed E-state index contributed by atoms with van der Waals surface area (Å²) in [7, 11) is 0. The summed E-state index contributed by atoms with van der Waals surface area (Å²) in [4.78, 5) is 8.35. The molecule has 0 saturated heterocycles. The fraction of sp³-hybridized carbons (Fsp3) is 0.500. The van der Waals surface area contributed by atoms with E-state index in [2.05, 4.69) is 35.1 Å². The zero-order valence-corrected chi connectivity index (χ0v) is 9.33. The molecule has 0 aromatic carbocycles. The first-order valence-electron chi connectivity index (χ1n) is 5.23. The van der Waals surface area contributed by atoms with Crippen LogP contribution in [-0.4, -0.2) is 16.5 Å². The Kier molecular flexibility index (Phi) is 4.62. The van der Waals surface area contributed by atoms with Crippen molar-refractivity contribution in [1.82, 2.24) is 9.97 Å². The van der Waals surface area contributed by atoms with Gasteiger partial charge < -0.3 is 5.32 Å². The third-order valence-electron chi connectivity index (χ3n) is 2.08. The number of rotatable bonds is 5. The molecule has 0 aliphatic rings. The first kappa shape index (κ1) is 11.5. The number of anilines is 1. The lowest BCUT2D eigenvalue weighted by Gasteiger charge is -2.07. The van der Waals surface area contributed by atoms with Crippen molar-refractivity contribution in [2.75, 3.05) is 11.9 Å². The van der Waals surface area contributed by atoms with E-state index in [4.69, 9.17) is 6.42 Å². The summed E-state index contributed by atoms with van der Waals surface area (Å²) in [5.74, 6) is 3.92. The quantitative estimate of drug-likeness (QED) is 0.590. The van der Waals surface area contributed by atoms with Crippen LogP contribution in [0.5, 0.6) is 0 Å². The van der Waals surface area contributed by atoms with Crippen molar-refractivity contribution in [3.63, 3.8) is 0 Å². The Bertz CT molecular complexity index is 339. The Hall–Kier alpha value is -1.56. The van der Waals surface area contributed by atoms with Crippen molar-refractivity contribution in [3.05, 3.63) is 18.1 Å². The highest BCUT2D eigenvalue weighted by atomic mass is 15.0. The van der Waals surface area contributed by atoms with E-state index in [1.807, 2.05) is 6.07 Å². The van der Waals surface area contributed by atoms with Crippen LogP contribution in [0, 0.1) is 12.3 Å². The molecule has 0 atom stereocenters. The maximum atomic E-state index is 5.17. The molecule has 0 saturated carbocycles. The van der Waals surface area contributed by atoms with E-state index in [0.29, 0.717) is 5.92 Å². The van der Waals surface area contributed by atoms with E-state index in [-0.39, 0.29) is 0 Å². The molecule has 1 aromatic heterocycles. The molecule has 15 heavy (non-hydrogen) atoms. The number of hydrogen-bond donors (Lipinski definition) is 1. The minimum absolute atomic E-state index is 0.430. The molecule has 80 valence electrons. The first-order chi connectivity index (χ1) is 7.24. The minimum atomic E-state index is 0.430. The predicted molar refractivity (Wildman–Crippen MR) is 62.7 cm³/mol. The summed E-state index contributed by atoms with van der Waals surface area (Å²) in [6, 6.07) is 1.99. The fourth-order valence-electron chi connectivity index (χ4n) is 1.19. The molecule has 1 aromatic rings. The minimum Gasteiger partial charge on any atom is -0.370 e. The largest absolute Gasteiger partial charge is 0.370 e. The maximum absolute atomic E-state index is 5.17. The summed E-state index contributed by atoms with van der Waals surface area (Å²) in [6.07, 6.45) is 8.53. The van der Waals surface area contributed by atoms with Crippen molar-refractivity contribution < 1.29 is 0 Å². The Morgan fingerprint density at radius 1 is 1.47 bits per heavy atom. The van der Waals surface area contributed by atoms with Gasteiger partial charge in [0.15, 0.2) is 0 Å². The van der Waals surface area contributed by atoms with Gasteiger partial charge in [0.25, 0.3) is 0 Å². The van der Waals surface area contributed by atoms with Gasteiger partial charge in [-0.05, 0) is 12.3 Å². The van der Waals surface area contributed by atoms with E-state index in [0.717, 1.165) is 30.9 Å². The van der Waals surface area contributed by atoms with E-state index >= 15 is 0 Å². The van der Waals surface area contributed by atoms with Crippen LogP contribution < -0.4 is 5.32 Å². The third kappa shape index (κ3) is 3.99. The molecule has 0 fully saturated rings. The lowest BCUT2D eigenvalue weighted by atomic mass is 10.1. The molecule has 0 bridgehead atoms. The number of hydrogen-bond acceptors (Lipinski definition) is 3. The highest BCUT2D eigenvalue weighted by Crippen LogP contribution is 2.13. The van der Waals surface area contributed by atoms with Crippen molar-refractivity contribution in [2.24, 2.45) is 0 Å². The topological polar surface area (TPSA) is 37.8 Å². The summed E-state index contributed by atoms with van der Waals surface area (Å²) in [6.45, 7) is 5.09. The van der Waals surface area contributed by atoms with Gasteiger partial charge in [0.2, 0.25) is 0 Å². The molecular weight excluding hydrogens is 186 g/mol. The van der Waals surface area contributed by atoms with E-state index in [1.165, 1.54) is 0 Å². The van der Waals surface area contributed by atoms with Crippen LogP contribution in [0.2, 0.25) is 0 Å². The van der Waals surface area contributed by atoms with Gasteiger partial charge in [-0.1, -0.05) is 13.8 Å². The standard InChI is InChI=1S/C12H17N3/c1-4-5-6-7-13-12-8-11(10(2)3)14-9-15-12/h1,8-10H,5-7H2,2-3H3,(H,13,14,15). The van der Waals surface area contributed by atoms with Gasteiger partial charge in [-0.15, -0.1) is 12.3 Å². The van der Waals surface area contributed by atoms with Crippen LogP contribution in [0.1, 0.15) is 38.3 Å². The van der Waals surface area contributed by atoms with Crippen LogP contribution in [0.15, 0.2) is 12.4 Å². The maximum Gasteiger partial charge on any atom is 0.129 e. The Labute approximate surface area is 91.3 Å². The Morgan fingerprint density at radius 2 is 2.27 bits per heavy atom. The van der Waals surface area contributed by atoms with Gasteiger partial charge in [0.05, 0.1) is 0 Å². The fourth-order valence-corrected chi connectivity index (χ4v) is 1.19. The SMILES string of the molecule is C#CCCCNc1cc(C(C)C)ncn1. The van der Waals surface area contributed by atoms with Crippen LogP contribution in [0.4, 0.5) is 5.82 Å². The summed E-state index contributed by atoms with van der Waals surface area (Å²) in [5, 5.41) is 3.23. The lowest BCUT2D eigenvalue weighted by Crippen LogP contribution is -2.04. The molecule has 0 aliphatic heterocycles. The second-order valence-corrected chi connectivity index (χ2v) is 3.72. The van der Waals surface area contributed by atoms with E-state index in [1.54, 1.807) is 6.33 Å². The molecule has 1 N–H and O–H groups in total. The smallest absolute Gasteiger partial charge is 0.129 e. The highest BCUT2D eigenvalue weighted by molar-refractivity contribution is 5.35. The van der Waals surface area contributed by atoms with Gasteiger partial charge in [-0.2, -0.15) is 0 Å². The summed E-state index contributed by atoms with van der Waals surface area (Å²) in [5.41, 5.74) is 1.06. The third-order valence-corrected chi connectivity index (χ3v) is 2.08. The zero-order chi connectivity index (χ0) is 11.1. The normalized spacial score (nSPS) is 10.0. The molecule has 3 heteroatoms. The van der Waals surface area contributed by atoms with Crippen LogP contribution in [-0.2, 0) is 0 Å². The van der Waals surface area contributed by atoms with E-state index < -0.39 is 0 Å². The predicted octanol–water partition coefficient (Wildman–Crippen LogP) is 2.43. The first-order valence-corrected chi connectivity index (χ1v) is 5.23. The van der Waals surface area contributed by atoms with Gasteiger partial charge in [0, 0.05) is 24.7 Å². The summed E-state index contributed by atoms with van der Waals surface area (Å²) >= 11 is 0. The molecule has 1 rings (SSSR count). The second-order valence-electron chi connectivity index (χ2n) is 3.72. The van der Waals surface area contributed by atoms with Gasteiger partial charge >= 0.3 is 0 Å². The van der Waals surface area contributed by atoms with Gasteiger partial charge in [0.1, 0.15) is 12.1 Å². The average Bonchev–Trinajstić information content (AvgIpc) is 2.25. The molecule has 0 aliphatic carbocycles. The van der Waals surface area contributed by atoms with Crippen molar-refractivity contribution >= 4 is 5.82 Å². The second kappa shape index (κ2) is 6.02. The zero-order valence-electron chi connectivity index (χ0n) is 9.33. The van der Waals surface area contributed by atoms with Crippen molar-refractivity contribution in [3.8, 4) is 12.3 Å². The Balaban J connectivity index is 2.48. The van der Waals surface area contributed by atoms with Crippen LogP contribution in [0.3, 0.4) is 0 Å².